The number of nitrogens with two attached hydrogens (primary N) is 1. The van der Waals surface area contributed by atoms with Crippen LogP contribution in [0.15, 0.2) is 18.2 Å². The van der Waals surface area contributed by atoms with Gasteiger partial charge in [0, 0.05) is 24.3 Å². The lowest BCUT2D eigenvalue weighted by Gasteiger charge is -2.33. The van der Waals surface area contributed by atoms with Gasteiger partial charge < -0.3 is 11.1 Å². The molecule has 0 saturated carbocycles. The first-order chi connectivity index (χ1) is 8.74. The van der Waals surface area contributed by atoms with Crippen LogP contribution < -0.4 is 11.1 Å². The summed E-state index contributed by atoms with van der Waals surface area (Å²) in [4.78, 5) is 2.54. The highest BCUT2D eigenvalue weighted by atomic mass is 19.1. The Morgan fingerprint density at radius 3 is 2.94 bits per heavy atom. The summed E-state index contributed by atoms with van der Waals surface area (Å²) in [5, 5.41) is 3.36. The van der Waals surface area contributed by atoms with E-state index in [1.807, 2.05) is 0 Å². The van der Waals surface area contributed by atoms with Crippen molar-refractivity contribution in [2.75, 3.05) is 24.1 Å². The second-order valence-electron chi connectivity index (χ2n) is 5.38. The van der Waals surface area contributed by atoms with Crippen LogP contribution >= 0.6 is 0 Å². The topological polar surface area (TPSA) is 41.3 Å². The van der Waals surface area contributed by atoms with Crippen LogP contribution in [0, 0.1) is 5.82 Å². The van der Waals surface area contributed by atoms with Crippen LogP contribution in [-0.4, -0.2) is 30.1 Å². The van der Waals surface area contributed by atoms with Crippen LogP contribution in [0.3, 0.4) is 0 Å². The summed E-state index contributed by atoms with van der Waals surface area (Å²) in [5.41, 5.74) is 6.63. The predicted molar refractivity (Wildman–Crippen MR) is 72.1 cm³/mol. The Morgan fingerprint density at radius 2 is 2.11 bits per heavy atom. The van der Waals surface area contributed by atoms with E-state index in [1.165, 1.54) is 31.9 Å². The standard InChI is InChI=1S/C14H20FN3/c15-11-9-10(16)4-5-12(11)17-13-6-8-18-7-2-1-3-14(13)18/h4-5,9,13-14,17H,1-3,6-8,16H2. The van der Waals surface area contributed by atoms with Gasteiger partial charge in [0.1, 0.15) is 5.82 Å². The van der Waals surface area contributed by atoms with E-state index in [0.717, 1.165) is 13.0 Å². The molecule has 3 rings (SSSR count). The number of anilines is 2. The lowest BCUT2D eigenvalue weighted by Crippen LogP contribution is -2.41. The molecule has 2 unspecified atom stereocenters. The number of benzene rings is 1. The van der Waals surface area contributed by atoms with Gasteiger partial charge in [-0.3, -0.25) is 4.90 Å². The highest BCUT2D eigenvalue weighted by Gasteiger charge is 2.35. The first-order valence-electron chi connectivity index (χ1n) is 6.79. The molecular weight excluding hydrogens is 229 g/mol. The first kappa shape index (κ1) is 11.8. The van der Waals surface area contributed by atoms with Crippen molar-refractivity contribution < 1.29 is 4.39 Å². The molecule has 0 bridgehead atoms. The third-order valence-electron chi connectivity index (χ3n) is 4.19. The van der Waals surface area contributed by atoms with Crippen molar-refractivity contribution in [3.05, 3.63) is 24.0 Å². The molecule has 1 aromatic rings. The maximum atomic E-state index is 13.8. The molecule has 2 fully saturated rings. The highest BCUT2D eigenvalue weighted by Crippen LogP contribution is 2.30. The van der Waals surface area contributed by atoms with E-state index in [1.54, 1.807) is 12.1 Å². The molecule has 3 N–H and O–H groups in total. The third-order valence-corrected chi connectivity index (χ3v) is 4.19. The second-order valence-corrected chi connectivity index (χ2v) is 5.38. The summed E-state index contributed by atoms with van der Waals surface area (Å²) in [6, 6.07) is 5.84. The third kappa shape index (κ3) is 2.17. The number of piperidine rings is 1. The molecular formula is C14H20FN3. The predicted octanol–water partition coefficient (Wildman–Crippen LogP) is 2.45. The Morgan fingerprint density at radius 1 is 1.22 bits per heavy atom. The summed E-state index contributed by atoms with van der Waals surface area (Å²) in [7, 11) is 0. The summed E-state index contributed by atoms with van der Waals surface area (Å²) >= 11 is 0. The monoisotopic (exact) mass is 249 g/mol. The molecule has 18 heavy (non-hydrogen) atoms. The molecule has 0 amide bonds. The molecule has 2 saturated heterocycles. The molecule has 4 heteroatoms. The van der Waals surface area contributed by atoms with Crippen LogP contribution in [0.5, 0.6) is 0 Å². The van der Waals surface area contributed by atoms with Gasteiger partial charge >= 0.3 is 0 Å². The Hall–Kier alpha value is -1.29. The quantitative estimate of drug-likeness (QED) is 0.791. The van der Waals surface area contributed by atoms with Gasteiger partial charge in [0.05, 0.1) is 5.69 Å². The molecule has 2 aliphatic heterocycles. The van der Waals surface area contributed by atoms with Crippen LogP contribution in [0.25, 0.3) is 0 Å². The molecule has 2 atom stereocenters. The van der Waals surface area contributed by atoms with Gasteiger partial charge in [-0.1, -0.05) is 6.42 Å². The average Bonchev–Trinajstić information content (AvgIpc) is 2.76. The maximum absolute atomic E-state index is 13.8. The SMILES string of the molecule is Nc1ccc(NC2CCN3CCCCC23)c(F)c1. The fourth-order valence-corrected chi connectivity index (χ4v) is 3.26. The molecule has 0 spiro atoms. The largest absolute Gasteiger partial charge is 0.399 e. The average molecular weight is 249 g/mol. The Labute approximate surface area is 107 Å². The van der Waals surface area contributed by atoms with E-state index in [4.69, 9.17) is 5.73 Å². The number of hydrogen-bond donors (Lipinski definition) is 2. The van der Waals surface area contributed by atoms with E-state index in [-0.39, 0.29) is 5.82 Å². The molecule has 1 aromatic carbocycles. The van der Waals surface area contributed by atoms with E-state index < -0.39 is 0 Å². The van der Waals surface area contributed by atoms with E-state index >= 15 is 0 Å². The minimum atomic E-state index is -0.246. The zero-order valence-electron chi connectivity index (χ0n) is 10.5. The van der Waals surface area contributed by atoms with Gasteiger partial charge in [0.15, 0.2) is 0 Å². The van der Waals surface area contributed by atoms with Gasteiger partial charge in [0.25, 0.3) is 0 Å². The molecule has 2 heterocycles. The van der Waals surface area contributed by atoms with Crippen molar-refractivity contribution in [3.8, 4) is 0 Å². The molecule has 0 radical (unpaired) electrons. The first-order valence-corrected chi connectivity index (χ1v) is 6.79. The van der Waals surface area contributed by atoms with Crippen LogP contribution in [0.2, 0.25) is 0 Å². The fourth-order valence-electron chi connectivity index (χ4n) is 3.26. The zero-order valence-corrected chi connectivity index (χ0v) is 10.5. The van der Waals surface area contributed by atoms with Gasteiger partial charge in [0.2, 0.25) is 0 Å². The van der Waals surface area contributed by atoms with Gasteiger partial charge in [-0.15, -0.1) is 0 Å². The number of rotatable bonds is 2. The number of nitrogen functional groups attached to an aromatic ring is 1. The smallest absolute Gasteiger partial charge is 0.148 e. The molecule has 98 valence electrons. The zero-order chi connectivity index (χ0) is 12.5. The molecule has 0 aromatic heterocycles. The van der Waals surface area contributed by atoms with E-state index in [0.29, 0.717) is 23.5 Å². The Kier molecular flexibility index (Phi) is 3.12. The van der Waals surface area contributed by atoms with Crippen molar-refractivity contribution in [1.82, 2.24) is 4.90 Å². The number of nitrogens with zero attached hydrogens (tertiary/aromatic N) is 1. The fraction of sp³-hybridized carbons (Fsp3) is 0.571. The van der Waals surface area contributed by atoms with Crippen molar-refractivity contribution in [3.63, 3.8) is 0 Å². The van der Waals surface area contributed by atoms with E-state index in [2.05, 4.69) is 10.2 Å². The van der Waals surface area contributed by atoms with Crippen molar-refractivity contribution in [2.24, 2.45) is 0 Å². The maximum Gasteiger partial charge on any atom is 0.148 e. The van der Waals surface area contributed by atoms with Crippen LogP contribution in [0.4, 0.5) is 15.8 Å². The lowest BCUT2D eigenvalue weighted by atomic mass is 9.99. The number of halogens is 1. The minimum absolute atomic E-state index is 0.246. The number of hydrogen-bond acceptors (Lipinski definition) is 3. The molecule has 2 aliphatic rings. The number of nitrogens with one attached hydrogen (secondary N) is 1. The summed E-state index contributed by atoms with van der Waals surface area (Å²) < 4.78 is 13.8. The van der Waals surface area contributed by atoms with Gasteiger partial charge in [-0.2, -0.15) is 0 Å². The minimum Gasteiger partial charge on any atom is -0.399 e. The Balaban J connectivity index is 1.72. The van der Waals surface area contributed by atoms with Crippen molar-refractivity contribution in [1.29, 1.82) is 0 Å². The van der Waals surface area contributed by atoms with Crippen LogP contribution in [-0.2, 0) is 0 Å². The Bertz CT molecular complexity index is 435. The molecule has 3 nitrogen and oxygen atoms in total. The summed E-state index contributed by atoms with van der Waals surface area (Å²) in [6.07, 6.45) is 4.94. The molecule has 0 aliphatic carbocycles. The lowest BCUT2D eigenvalue weighted by molar-refractivity contribution is 0.192. The normalized spacial score (nSPS) is 28.1. The van der Waals surface area contributed by atoms with Gasteiger partial charge in [-0.05, 0) is 44.0 Å². The highest BCUT2D eigenvalue weighted by molar-refractivity contribution is 5.53. The second kappa shape index (κ2) is 4.76. The van der Waals surface area contributed by atoms with E-state index in [9.17, 15) is 4.39 Å². The van der Waals surface area contributed by atoms with Crippen molar-refractivity contribution in [2.45, 2.75) is 37.8 Å². The van der Waals surface area contributed by atoms with Gasteiger partial charge in [-0.25, -0.2) is 4.39 Å². The summed E-state index contributed by atoms with van der Waals surface area (Å²) in [6.45, 7) is 2.34. The number of fused-ring (bicyclic) bond motifs is 1. The van der Waals surface area contributed by atoms with Crippen molar-refractivity contribution >= 4 is 11.4 Å². The summed E-state index contributed by atoms with van der Waals surface area (Å²) in [5.74, 6) is -0.246. The van der Waals surface area contributed by atoms with Crippen LogP contribution in [0.1, 0.15) is 25.7 Å².